The van der Waals surface area contributed by atoms with Crippen LogP contribution in [0, 0.1) is 11.8 Å². The minimum absolute atomic E-state index is 0.802. The Morgan fingerprint density at radius 2 is 1.92 bits per heavy atom. The highest BCUT2D eigenvalue weighted by atomic mass is 79.9. The first kappa shape index (κ1) is 11.6. The van der Waals surface area contributed by atoms with Crippen LogP contribution in [0.15, 0.2) is 0 Å². The van der Waals surface area contributed by atoms with E-state index >= 15 is 0 Å². The van der Waals surface area contributed by atoms with Crippen molar-refractivity contribution in [2.24, 2.45) is 11.8 Å². The van der Waals surface area contributed by atoms with E-state index in [1.54, 1.807) is 0 Å². The standard InChI is InChI=1S/C12H23Br/c1-3-7-10(2)11-8-5-4-6-9-12(11)13/h10-12H,3-9H2,1-2H3. The Bertz CT molecular complexity index is 133. The van der Waals surface area contributed by atoms with Crippen molar-refractivity contribution in [2.45, 2.75) is 63.6 Å². The molecule has 0 heterocycles. The quantitative estimate of drug-likeness (QED) is 0.498. The van der Waals surface area contributed by atoms with Crippen molar-refractivity contribution in [1.29, 1.82) is 0 Å². The van der Waals surface area contributed by atoms with Gasteiger partial charge in [-0.1, -0.05) is 61.9 Å². The van der Waals surface area contributed by atoms with E-state index in [0.29, 0.717) is 0 Å². The minimum atomic E-state index is 0.802. The Hall–Kier alpha value is 0.480. The summed E-state index contributed by atoms with van der Waals surface area (Å²) in [6, 6.07) is 0. The van der Waals surface area contributed by atoms with Crippen molar-refractivity contribution < 1.29 is 0 Å². The lowest BCUT2D eigenvalue weighted by molar-refractivity contribution is 0.312. The second kappa shape index (κ2) is 6.06. The van der Waals surface area contributed by atoms with Gasteiger partial charge in [-0.2, -0.15) is 0 Å². The molecule has 0 amide bonds. The summed E-state index contributed by atoms with van der Waals surface area (Å²) in [5, 5.41) is 0. The van der Waals surface area contributed by atoms with E-state index in [-0.39, 0.29) is 0 Å². The molecule has 3 unspecified atom stereocenters. The van der Waals surface area contributed by atoms with Gasteiger partial charge in [-0.25, -0.2) is 0 Å². The van der Waals surface area contributed by atoms with Crippen LogP contribution in [0.2, 0.25) is 0 Å². The Morgan fingerprint density at radius 3 is 2.62 bits per heavy atom. The molecule has 0 spiro atoms. The highest BCUT2D eigenvalue weighted by molar-refractivity contribution is 9.09. The zero-order chi connectivity index (χ0) is 9.68. The predicted molar refractivity (Wildman–Crippen MR) is 63.4 cm³/mol. The van der Waals surface area contributed by atoms with Crippen molar-refractivity contribution >= 4 is 15.9 Å². The number of alkyl halides is 1. The highest BCUT2D eigenvalue weighted by Gasteiger charge is 2.25. The molecule has 13 heavy (non-hydrogen) atoms. The first-order valence-corrected chi connectivity index (χ1v) is 6.81. The summed E-state index contributed by atoms with van der Waals surface area (Å²) in [7, 11) is 0. The zero-order valence-corrected chi connectivity index (χ0v) is 10.6. The number of hydrogen-bond acceptors (Lipinski definition) is 0. The van der Waals surface area contributed by atoms with Gasteiger partial charge in [0.2, 0.25) is 0 Å². The van der Waals surface area contributed by atoms with Crippen LogP contribution >= 0.6 is 15.9 Å². The molecule has 0 nitrogen and oxygen atoms in total. The van der Waals surface area contributed by atoms with Crippen LogP contribution in [0.1, 0.15) is 58.8 Å². The summed E-state index contributed by atoms with van der Waals surface area (Å²) >= 11 is 3.88. The third-order valence-corrected chi connectivity index (χ3v) is 4.59. The van der Waals surface area contributed by atoms with Gasteiger partial charge in [0.05, 0.1) is 0 Å². The molecule has 1 heteroatoms. The van der Waals surface area contributed by atoms with Crippen LogP contribution in [-0.4, -0.2) is 4.83 Å². The topological polar surface area (TPSA) is 0 Å². The predicted octanol–water partition coefficient (Wildman–Crippen LogP) is 4.77. The monoisotopic (exact) mass is 246 g/mol. The summed E-state index contributed by atoms with van der Waals surface area (Å²) in [6.07, 6.45) is 9.96. The number of halogens is 1. The van der Waals surface area contributed by atoms with Gasteiger partial charge in [0, 0.05) is 4.83 Å². The molecule has 0 saturated heterocycles. The molecule has 1 rings (SSSR count). The lowest BCUT2D eigenvalue weighted by Gasteiger charge is -2.26. The largest absolute Gasteiger partial charge is 0.0888 e. The van der Waals surface area contributed by atoms with Crippen molar-refractivity contribution in [3.8, 4) is 0 Å². The van der Waals surface area contributed by atoms with Gasteiger partial charge in [-0.3, -0.25) is 0 Å². The van der Waals surface area contributed by atoms with Crippen LogP contribution in [0.3, 0.4) is 0 Å². The van der Waals surface area contributed by atoms with Gasteiger partial charge in [-0.05, 0) is 24.7 Å². The van der Waals surface area contributed by atoms with Crippen LogP contribution in [-0.2, 0) is 0 Å². The lowest BCUT2D eigenvalue weighted by atomic mass is 9.85. The molecule has 0 aromatic carbocycles. The molecule has 0 aromatic heterocycles. The molecule has 1 saturated carbocycles. The summed E-state index contributed by atoms with van der Waals surface area (Å²) < 4.78 is 0. The van der Waals surface area contributed by atoms with Crippen molar-refractivity contribution in [3.05, 3.63) is 0 Å². The van der Waals surface area contributed by atoms with Crippen molar-refractivity contribution in [2.75, 3.05) is 0 Å². The first-order valence-electron chi connectivity index (χ1n) is 5.89. The van der Waals surface area contributed by atoms with E-state index < -0.39 is 0 Å². The molecule has 1 aliphatic carbocycles. The second-order valence-corrected chi connectivity index (χ2v) is 5.76. The zero-order valence-electron chi connectivity index (χ0n) is 9.06. The fourth-order valence-corrected chi connectivity index (χ4v) is 3.71. The van der Waals surface area contributed by atoms with Gasteiger partial charge < -0.3 is 0 Å². The molecular formula is C12H23Br. The summed E-state index contributed by atoms with van der Waals surface area (Å²) in [4.78, 5) is 0.802. The Kier molecular flexibility index (Phi) is 5.38. The van der Waals surface area contributed by atoms with Crippen LogP contribution < -0.4 is 0 Å². The molecule has 1 aliphatic rings. The Morgan fingerprint density at radius 1 is 1.23 bits per heavy atom. The van der Waals surface area contributed by atoms with E-state index in [0.717, 1.165) is 16.7 Å². The minimum Gasteiger partial charge on any atom is -0.0888 e. The maximum Gasteiger partial charge on any atom is 0.0176 e. The van der Waals surface area contributed by atoms with Crippen molar-refractivity contribution in [1.82, 2.24) is 0 Å². The van der Waals surface area contributed by atoms with Gasteiger partial charge in [-0.15, -0.1) is 0 Å². The van der Waals surface area contributed by atoms with Crippen LogP contribution in [0.4, 0.5) is 0 Å². The van der Waals surface area contributed by atoms with E-state index in [1.807, 2.05) is 0 Å². The van der Waals surface area contributed by atoms with Gasteiger partial charge >= 0.3 is 0 Å². The van der Waals surface area contributed by atoms with E-state index in [1.165, 1.54) is 44.9 Å². The molecule has 0 aromatic rings. The number of rotatable bonds is 3. The van der Waals surface area contributed by atoms with Crippen LogP contribution in [0.5, 0.6) is 0 Å². The summed E-state index contributed by atoms with van der Waals surface area (Å²) in [5.74, 6) is 1.87. The Labute approximate surface area is 91.6 Å². The molecule has 1 fully saturated rings. The number of hydrogen-bond donors (Lipinski definition) is 0. The normalized spacial score (nSPS) is 32.5. The first-order chi connectivity index (χ1) is 6.25. The maximum atomic E-state index is 3.88. The van der Waals surface area contributed by atoms with Gasteiger partial charge in [0.25, 0.3) is 0 Å². The fraction of sp³-hybridized carbons (Fsp3) is 1.00. The molecule has 0 bridgehead atoms. The van der Waals surface area contributed by atoms with E-state index in [9.17, 15) is 0 Å². The van der Waals surface area contributed by atoms with Gasteiger partial charge in [0.15, 0.2) is 0 Å². The Balaban J connectivity index is 2.43. The third-order valence-electron chi connectivity index (χ3n) is 3.46. The highest BCUT2D eigenvalue weighted by Crippen LogP contribution is 2.35. The van der Waals surface area contributed by atoms with Crippen LogP contribution in [0.25, 0.3) is 0 Å². The van der Waals surface area contributed by atoms with Crippen molar-refractivity contribution in [3.63, 3.8) is 0 Å². The van der Waals surface area contributed by atoms with E-state index in [2.05, 4.69) is 29.8 Å². The molecule has 0 radical (unpaired) electrons. The molecule has 3 atom stereocenters. The molecule has 78 valence electrons. The maximum absolute atomic E-state index is 3.88. The molecular weight excluding hydrogens is 224 g/mol. The van der Waals surface area contributed by atoms with E-state index in [4.69, 9.17) is 0 Å². The van der Waals surface area contributed by atoms with Gasteiger partial charge in [0.1, 0.15) is 0 Å². The smallest absolute Gasteiger partial charge is 0.0176 e. The summed E-state index contributed by atoms with van der Waals surface area (Å²) in [5.41, 5.74) is 0. The average Bonchev–Trinajstić information content (AvgIpc) is 2.30. The average molecular weight is 247 g/mol. The molecule has 0 aliphatic heterocycles. The third kappa shape index (κ3) is 3.61. The SMILES string of the molecule is CCCC(C)C1CCCCCC1Br. The second-order valence-electron chi connectivity index (χ2n) is 4.58. The summed E-state index contributed by atoms with van der Waals surface area (Å²) in [6.45, 7) is 4.74. The molecule has 0 N–H and O–H groups in total. The lowest BCUT2D eigenvalue weighted by Crippen LogP contribution is -2.20. The fourth-order valence-electron chi connectivity index (χ4n) is 2.60.